The number of ether oxygens (including phenoxy) is 1. The highest BCUT2D eigenvalue weighted by Crippen LogP contribution is 2.26. The van der Waals surface area contributed by atoms with E-state index in [1.54, 1.807) is 25.2 Å². The molecule has 0 atom stereocenters. The summed E-state index contributed by atoms with van der Waals surface area (Å²) >= 11 is 6.09. The number of amides is 1. The lowest BCUT2D eigenvalue weighted by Crippen LogP contribution is -2.28. The van der Waals surface area contributed by atoms with Gasteiger partial charge >= 0.3 is 5.69 Å². The average Bonchev–Trinajstić information content (AvgIpc) is 2.82. The van der Waals surface area contributed by atoms with Crippen molar-refractivity contribution in [3.05, 3.63) is 58.0 Å². The third kappa shape index (κ3) is 2.88. The molecule has 1 heterocycles. The molecule has 2 aromatic carbocycles. The second kappa shape index (κ2) is 6.41. The number of para-hydroxylation sites is 2. The van der Waals surface area contributed by atoms with Crippen LogP contribution < -0.4 is 15.7 Å². The van der Waals surface area contributed by atoms with Gasteiger partial charge in [-0.2, -0.15) is 0 Å². The average molecular weight is 346 g/mol. The normalized spacial score (nSPS) is 10.8. The van der Waals surface area contributed by atoms with Crippen LogP contribution in [-0.4, -0.2) is 22.2 Å². The fourth-order valence-electron chi connectivity index (χ4n) is 2.58. The summed E-state index contributed by atoms with van der Waals surface area (Å²) in [5.41, 5.74) is 1.67. The number of nitrogens with zero attached hydrogens (tertiary/aromatic N) is 2. The SMILES string of the molecule is COc1ccc(Cl)c(NC(=O)Cn2c(=O)n(C)c3ccccc32)c1. The maximum absolute atomic E-state index is 12.4. The number of aromatic nitrogens is 2. The standard InChI is InChI=1S/C17H16ClN3O3/c1-20-14-5-3-4-6-15(14)21(17(20)23)10-16(22)19-13-9-11(24-2)7-8-12(13)18/h3-9H,10H2,1-2H3,(H,19,22). The maximum Gasteiger partial charge on any atom is 0.329 e. The second-order valence-electron chi connectivity index (χ2n) is 5.31. The van der Waals surface area contributed by atoms with Crippen LogP contribution in [-0.2, 0) is 18.4 Å². The van der Waals surface area contributed by atoms with Gasteiger partial charge in [-0.05, 0) is 24.3 Å². The maximum atomic E-state index is 12.4. The molecule has 0 saturated carbocycles. The molecule has 7 heteroatoms. The summed E-state index contributed by atoms with van der Waals surface area (Å²) in [6.07, 6.45) is 0. The number of imidazole rings is 1. The zero-order chi connectivity index (χ0) is 17.3. The first-order valence-corrected chi connectivity index (χ1v) is 7.66. The molecular formula is C17H16ClN3O3. The number of hydrogen-bond acceptors (Lipinski definition) is 3. The first-order chi connectivity index (χ1) is 11.5. The number of anilines is 1. The van der Waals surface area contributed by atoms with E-state index in [9.17, 15) is 9.59 Å². The van der Waals surface area contributed by atoms with Crippen molar-refractivity contribution in [2.24, 2.45) is 7.05 Å². The van der Waals surface area contributed by atoms with Crippen LogP contribution in [0, 0.1) is 0 Å². The number of rotatable bonds is 4. The number of carbonyl (C=O) groups is 1. The summed E-state index contributed by atoms with van der Waals surface area (Å²) in [5.74, 6) is 0.237. The van der Waals surface area contributed by atoms with Gasteiger partial charge in [0.2, 0.25) is 5.91 Å². The molecule has 0 fully saturated rings. The van der Waals surface area contributed by atoms with Crippen molar-refractivity contribution in [1.29, 1.82) is 0 Å². The monoisotopic (exact) mass is 345 g/mol. The molecule has 1 N–H and O–H groups in total. The van der Waals surface area contributed by atoms with Crippen molar-refractivity contribution in [1.82, 2.24) is 9.13 Å². The number of benzene rings is 2. The smallest absolute Gasteiger partial charge is 0.329 e. The van der Waals surface area contributed by atoms with Gasteiger partial charge in [-0.3, -0.25) is 13.9 Å². The number of halogens is 1. The largest absolute Gasteiger partial charge is 0.497 e. The van der Waals surface area contributed by atoms with Gasteiger partial charge in [0, 0.05) is 13.1 Å². The van der Waals surface area contributed by atoms with Gasteiger partial charge in [0.1, 0.15) is 12.3 Å². The molecular weight excluding hydrogens is 330 g/mol. The van der Waals surface area contributed by atoms with E-state index >= 15 is 0 Å². The highest BCUT2D eigenvalue weighted by atomic mass is 35.5. The Labute approximate surface area is 143 Å². The van der Waals surface area contributed by atoms with Gasteiger partial charge in [0.25, 0.3) is 0 Å². The lowest BCUT2D eigenvalue weighted by Gasteiger charge is -2.09. The number of fused-ring (bicyclic) bond motifs is 1. The van der Waals surface area contributed by atoms with E-state index in [2.05, 4.69) is 5.32 Å². The minimum absolute atomic E-state index is 0.103. The van der Waals surface area contributed by atoms with Gasteiger partial charge < -0.3 is 10.1 Å². The molecule has 1 aromatic heterocycles. The van der Waals surface area contributed by atoms with Crippen molar-refractivity contribution in [3.63, 3.8) is 0 Å². The molecule has 3 aromatic rings. The summed E-state index contributed by atoms with van der Waals surface area (Å²) in [6, 6.07) is 12.3. The lowest BCUT2D eigenvalue weighted by molar-refractivity contribution is -0.116. The molecule has 0 aliphatic carbocycles. The predicted molar refractivity (Wildman–Crippen MR) is 93.8 cm³/mol. The molecule has 0 spiro atoms. The minimum atomic E-state index is -0.344. The second-order valence-corrected chi connectivity index (χ2v) is 5.72. The molecule has 0 saturated heterocycles. The third-order valence-corrected chi connectivity index (χ3v) is 4.13. The Balaban J connectivity index is 1.89. The van der Waals surface area contributed by atoms with Crippen LogP contribution in [0.15, 0.2) is 47.3 Å². The molecule has 0 radical (unpaired) electrons. The van der Waals surface area contributed by atoms with E-state index in [0.717, 1.165) is 5.52 Å². The lowest BCUT2D eigenvalue weighted by atomic mass is 10.3. The van der Waals surface area contributed by atoms with Gasteiger partial charge in [0.15, 0.2) is 0 Å². The molecule has 124 valence electrons. The van der Waals surface area contributed by atoms with Gasteiger partial charge in [-0.25, -0.2) is 4.79 Å². The number of carbonyl (C=O) groups excluding carboxylic acids is 1. The van der Waals surface area contributed by atoms with Crippen LogP contribution in [0.5, 0.6) is 5.75 Å². The summed E-state index contributed by atoms with van der Waals surface area (Å²) in [5, 5.41) is 3.11. The topological polar surface area (TPSA) is 65.3 Å². The highest BCUT2D eigenvalue weighted by molar-refractivity contribution is 6.33. The van der Waals surface area contributed by atoms with Crippen LogP contribution >= 0.6 is 11.6 Å². The first kappa shape index (κ1) is 16.1. The Morgan fingerprint density at radius 1 is 1.21 bits per heavy atom. The van der Waals surface area contributed by atoms with Crippen molar-refractivity contribution in [2.45, 2.75) is 6.54 Å². The Bertz CT molecular complexity index is 975. The van der Waals surface area contributed by atoms with Crippen LogP contribution in [0.25, 0.3) is 11.0 Å². The Kier molecular flexibility index (Phi) is 4.31. The van der Waals surface area contributed by atoms with Gasteiger partial charge in [0.05, 0.1) is 28.9 Å². The minimum Gasteiger partial charge on any atom is -0.497 e. The number of hydrogen-bond donors (Lipinski definition) is 1. The summed E-state index contributed by atoms with van der Waals surface area (Å²) in [6.45, 7) is -0.103. The Hall–Kier alpha value is -2.73. The van der Waals surface area contributed by atoms with Crippen LogP contribution in [0.1, 0.15) is 0 Å². The predicted octanol–water partition coefficient (Wildman–Crippen LogP) is 2.64. The molecule has 0 aliphatic heterocycles. The van der Waals surface area contributed by atoms with E-state index in [-0.39, 0.29) is 18.1 Å². The zero-order valence-corrected chi connectivity index (χ0v) is 14.0. The fourth-order valence-corrected chi connectivity index (χ4v) is 2.74. The van der Waals surface area contributed by atoms with Gasteiger partial charge in [-0.1, -0.05) is 23.7 Å². The van der Waals surface area contributed by atoms with Crippen molar-refractivity contribution in [3.8, 4) is 5.75 Å². The first-order valence-electron chi connectivity index (χ1n) is 7.29. The molecule has 0 bridgehead atoms. The Morgan fingerprint density at radius 2 is 1.92 bits per heavy atom. The van der Waals surface area contributed by atoms with Crippen LogP contribution in [0.2, 0.25) is 5.02 Å². The molecule has 6 nitrogen and oxygen atoms in total. The van der Waals surface area contributed by atoms with E-state index in [1.165, 1.54) is 16.2 Å². The Morgan fingerprint density at radius 3 is 2.62 bits per heavy atom. The number of nitrogens with one attached hydrogen (secondary N) is 1. The highest BCUT2D eigenvalue weighted by Gasteiger charge is 2.14. The van der Waals surface area contributed by atoms with Crippen molar-refractivity contribution in [2.75, 3.05) is 12.4 Å². The zero-order valence-electron chi connectivity index (χ0n) is 13.2. The third-order valence-electron chi connectivity index (χ3n) is 3.80. The van der Waals surface area contributed by atoms with E-state index in [1.807, 2.05) is 24.3 Å². The van der Waals surface area contributed by atoms with Crippen LogP contribution in [0.3, 0.4) is 0 Å². The van der Waals surface area contributed by atoms with E-state index < -0.39 is 0 Å². The molecule has 3 rings (SSSR count). The fraction of sp³-hybridized carbons (Fsp3) is 0.176. The number of methoxy groups -OCH3 is 1. The summed E-state index contributed by atoms with van der Waals surface area (Å²) < 4.78 is 8.07. The molecule has 0 aliphatic rings. The molecule has 1 amide bonds. The van der Waals surface area contributed by atoms with E-state index in [0.29, 0.717) is 22.0 Å². The van der Waals surface area contributed by atoms with E-state index in [4.69, 9.17) is 16.3 Å². The van der Waals surface area contributed by atoms with Gasteiger partial charge in [-0.15, -0.1) is 0 Å². The van der Waals surface area contributed by atoms with Crippen LogP contribution in [0.4, 0.5) is 5.69 Å². The summed E-state index contributed by atoms with van der Waals surface area (Å²) in [7, 11) is 3.21. The molecule has 24 heavy (non-hydrogen) atoms. The summed E-state index contributed by atoms with van der Waals surface area (Å²) in [4.78, 5) is 24.7. The molecule has 0 unspecified atom stereocenters. The van der Waals surface area contributed by atoms with Crippen molar-refractivity contribution >= 4 is 34.2 Å². The quantitative estimate of drug-likeness (QED) is 0.790. The number of aryl methyl sites for hydroxylation is 1. The van der Waals surface area contributed by atoms with Crippen molar-refractivity contribution < 1.29 is 9.53 Å².